The van der Waals surface area contributed by atoms with Crippen molar-refractivity contribution in [3.05, 3.63) is 0 Å². The SMILES string of the molecule is CSC.[B+3].[Cl-].[Cl-].[Cl-]. The first-order chi connectivity index (χ1) is 1.41. The standard InChI is InChI=1S/C2H6S.B.3ClH/c1-3-2;;;;/h1-2H3;;3*1H/q;+3;;;/p-3. The van der Waals surface area contributed by atoms with Crippen molar-refractivity contribution in [2.24, 2.45) is 0 Å². The summed E-state index contributed by atoms with van der Waals surface area (Å²) in [5, 5.41) is 0. The molecule has 0 aliphatic rings. The van der Waals surface area contributed by atoms with E-state index in [2.05, 4.69) is 0 Å². The van der Waals surface area contributed by atoms with Crippen LogP contribution in [-0.4, -0.2) is 20.9 Å². The maximum atomic E-state index is 2.04. The zero-order chi connectivity index (χ0) is 2.71. The van der Waals surface area contributed by atoms with Crippen LogP contribution in [0.5, 0.6) is 0 Å². The Labute approximate surface area is 70.0 Å². The summed E-state index contributed by atoms with van der Waals surface area (Å²) in [6.45, 7) is 0. The van der Waals surface area contributed by atoms with E-state index in [1.807, 2.05) is 12.5 Å². The van der Waals surface area contributed by atoms with Gasteiger partial charge in [0.25, 0.3) is 0 Å². The van der Waals surface area contributed by atoms with E-state index in [9.17, 15) is 0 Å². The minimum Gasteiger partial charge on any atom is -1.00 e. The molecule has 5 heteroatoms. The molecule has 0 N–H and O–H groups in total. The van der Waals surface area contributed by atoms with Gasteiger partial charge in [-0.25, -0.2) is 0 Å². The Kier molecular flexibility index (Phi) is 321. The third-order valence-electron chi connectivity index (χ3n) is 0. The van der Waals surface area contributed by atoms with Gasteiger partial charge in [-0.2, -0.15) is 11.8 Å². The molecule has 0 aromatic heterocycles. The molecule has 0 fully saturated rings. The Bertz CT molecular complexity index is 12.9. The first-order valence-electron chi connectivity index (χ1n) is 0.816. The third-order valence-corrected chi connectivity index (χ3v) is 0. The zero-order valence-electron chi connectivity index (χ0n) is 4.12. The smallest absolute Gasteiger partial charge is 1.00 e. The summed E-state index contributed by atoms with van der Waals surface area (Å²) < 4.78 is 0. The van der Waals surface area contributed by atoms with Gasteiger partial charge in [-0.15, -0.1) is 0 Å². The number of rotatable bonds is 0. The van der Waals surface area contributed by atoms with Crippen LogP contribution >= 0.6 is 11.8 Å². The van der Waals surface area contributed by atoms with Crippen LogP contribution in [0.2, 0.25) is 0 Å². The molecular weight excluding hydrogens is 173 g/mol. The van der Waals surface area contributed by atoms with Gasteiger partial charge >= 0.3 is 8.41 Å². The molecule has 0 heterocycles. The molecule has 0 aliphatic carbocycles. The second-order valence-corrected chi connectivity index (χ2v) is 1.22. The zero-order valence-corrected chi connectivity index (χ0v) is 7.20. The van der Waals surface area contributed by atoms with Crippen LogP contribution in [0.25, 0.3) is 0 Å². The van der Waals surface area contributed by atoms with E-state index in [-0.39, 0.29) is 45.6 Å². The molecule has 0 saturated carbocycles. The minimum absolute atomic E-state index is 0. The van der Waals surface area contributed by atoms with Gasteiger partial charge in [-0.3, -0.25) is 0 Å². The summed E-state index contributed by atoms with van der Waals surface area (Å²) in [4.78, 5) is 0. The molecule has 0 radical (unpaired) electrons. The fourth-order valence-corrected chi connectivity index (χ4v) is 0. The maximum Gasteiger partial charge on any atom is 3.00 e. The molecule has 0 spiro atoms. The van der Waals surface area contributed by atoms with Gasteiger partial charge in [0.2, 0.25) is 0 Å². The monoisotopic (exact) mass is 178 g/mol. The van der Waals surface area contributed by atoms with Crippen molar-refractivity contribution in [2.75, 3.05) is 12.5 Å². The number of hydrogen-bond donors (Lipinski definition) is 0. The van der Waals surface area contributed by atoms with Crippen LogP contribution in [0.15, 0.2) is 0 Å². The van der Waals surface area contributed by atoms with Crippen molar-refractivity contribution < 1.29 is 37.2 Å². The van der Waals surface area contributed by atoms with E-state index in [4.69, 9.17) is 0 Å². The predicted octanol–water partition coefficient (Wildman–Crippen LogP) is -8.39. The molecule has 0 unspecified atom stereocenters. The molecule has 0 aliphatic heterocycles. The second kappa shape index (κ2) is 55.1. The molecule has 0 bridgehead atoms. The summed E-state index contributed by atoms with van der Waals surface area (Å²) in [7, 11) is 0. The molecule has 0 amide bonds. The van der Waals surface area contributed by atoms with Gasteiger partial charge in [0.15, 0.2) is 0 Å². The number of thioether (sulfide) groups is 1. The average Bonchev–Trinajstić information content (AvgIpc) is 0.918. The van der Waals surface area contributed by atoms with Gasteiger partial charge in [-0.05, 0) is 12.5 Å². The third kappa shape index (κ3) is 123. The number of hydrogen-bond acceptors (Lipinski definition) is 1. The number of halogens is 3. The fraction of sp³-hybridized carbons (Fsp3) is 1.00. The minimum atomic E-state index is 0. The Morgan fingerprint density at radius 3 is 0.857 bits per heavy atom. The molecule has 0 atom stereocenters. The van der Waals surface area contributed by atoms with Gasteiger partial charge in [0.1, 0.15) is 0 Å². The van der Waals surface area contributed by atoms with Gasteiger partial charge in [-0.1, -0.05) is 0 Å². The molecule has 0 rings (SSSR count). The summed E-state index contributed by atoms with van der Waals surface area (Å²) in [5.41, 5.74) is 0. The molecular formula is C2H6BCl3S. The topological polar surface area (TPSA) is 0 Å². The van der Waals surface area contributed by atoms with E-state index in [0.29, 0.717) is 0 Å². The summed E-state index contributed by atoms with van der Waals surface area (Å²) in [6.07, 6.45) is 4.08. The van der Waals surface area contributed by atoms with Crippen LogP contribution in [-0.2, 0) is 0 Å². The van der Waals surface area contributed by atoms with Crippen LogP contribution in [0, 0.1) is 0 Å². The van der Waals surface area contributed by atoms with Gasteiger partial charge in [0, 0.05) is 0 Å². The molecule has 0 nitrogen and oxygen atoms in total. The van der Waals surface area contributed by atoms with E-state index in [1.165, 1.54) is 0 Å². The van der Waals surface area contributed by atoms with Crippen LogP contribution in [0.3, 0.4) is 0 Å². The van der Waals surface area contributed by atoms with E-state index in [1.54, 1.807) is 11.8 Å². The van der Waals surface area contributed by atoms with Crippen LogP contribution < -0.4 is 37.2 Å². The molecule has 0 saturated heterocycles. The first kappa shape index (κ1) is 40.7. The van der Waals surface area contributed by atoms with Crippen molar-refractivity contribution in [2.45, 2.75) is 0 Å². The Hall–Kier alpha value is 1.28. The summed E-state index contributed by atoms with van der Waals surface area (Å²) in [5.74, 6) is 0. The van der Waals surface area contributed by atoms with Gasteiger partial charge in [0.05, 0.1) is 0 Å². The van der Waals surface area contributed by atoms with Crippen molar-refractivity contribution in [1.82, 2.24) is 0 Å². The molecule has 7 heavy (non-hydrogen) atoms. The predicted molar refractivity (Wildman–Crippen MR) is 25.2 cm³/mol. The quantitative estimate of drug-likeness (QED) is 0.333. The average molecular weight is 179 g/mol. The van der Waals surface area contributed by atoms with Crippen molar-refractivity contribution >= 4 is 20.2 Å². The Morgan fingerprint density at radius 1 is 0.857 bits per heavy atom. The van der Waals surface area contributed by atoms with E-state index in [0.717, 1.165) is 0 Å². The Morgan fingerprint density at radius 2 is 0.857 bits per heavy atom. The van der Waals surface area contributed by atoms with Crippen molar-refractivity contribution in [3.63, 3.8) is 0 Å². The first-order valence-corrected chi connectivity index (χ1v) is 2.45. The molecule has 0 aromatic rings. The maximum absolute atomic E-state index is 2.04. The largest absolute Gasteiger partial charge is 3.00 e. The normalized spacial score (nSPS) is 2.57. The summed E-state index contributed by atoms with van der Waals surface area (Å²) >= 11 is 1.75. The van der Waals surface area contributed by atoms with Crippen molar-refractivity contribution in [1.29, 1.82) is 0 Å². The van der Waals surface area contributed by atoms with Gasteiger partial charge < -0.3 is 37.2 Å². The van der Waals surface area contributed by atoms with Crippen LogP contribution in [0.4, 0.5) is 0 Å². The van der Waals surface area contributed by atoms with Crippen LogP contribution in [0.1, 0.15) is 0 Å². The molecule has 44 valence electrons. The second-order valence-electron chi connectivity index (χ2n) is 0.408. The van der Waals surface area contributed by atoms with Crippen molar-refractivity contribution in [3.8, 4) is 0 Å². The van der Waals surface area contributed by atoms with E-state index < -0.39 is 0 Å². The van der Waals surface area contributed by atoms with E-state index >= 15 is 0 Å². The Balaban J connectivity index is -0.00000000333. The summed E-state index contributed by atoms with van der Waals surface area (Å²) in [6, 6.07) is 0. The fourth-order valence-electron chi connectivity index (χ4n) is 0. The molecule has 0 aromatic carbocycles.